The Morgan fingerprint density at radius 1 is 1.42 bits per heavy atom. The van der Waals surface area contributed by atoms with Gasteiger partial charge in [-0.05, 0) is 42.9 Å². The van der Waals surface area contributed by atoms with Crippen LogP contribution in [0.1, 0.15) is 29.6 Å². The molecule has 4 N–H and O–H groups in total. The highest BCUT2D eigenvalue weighted by molar-refractivity contribution is 5.94. The molecule has 104 valence electrons. The Morgan fingerprint density at radius 2 is 2.16 bits per heavy atom. The number of rotatable bonds is 4. The van der Waals surface area contributed by atoms with Gasteiger partial charge in [0.05, 0.1) is 5.69 Å². The van der Waals surface area contributed by atoms with Crippen molar-refractivity contribution in [1.29, 1.82) is 0 Å². The molecule has 1 fully saturated rings. The molecule has 1 amide bonds. The fraction of sp³-hybridized carbons (Fsp3) is 0.500. The molecule has 19 heavy (non-hydrogen) atoms. The molecule has 0 aliphatic heterocycles. The highest BCUT2D eigenvalue weighted by atomic mass is 19.1. The van der Waals surface area contributed by atoms with Gasteiger partial charge < -0.3 is 16.2 Å². The van der Waals surface area contributed by atoms with Crippen LogP contribution in [0, 0.1) is 17.7 Å². The van der Waals surface area contributed by atoms with Crippen LogP contribution < -0.4 is 11.1 Å². The lowest BCUT2D eigenvalue weighted by atomic mass is 9.97. The maximum atomic E-state index is 13.3. The zero-order valence-corrected chi connectivity index (χ0v) is 10.7. The number of nitrogen functional groups attached to an aromatic ring is 1. The Balaban J connectivity index is 1.92. The number of benzene rings is 1. The van der Waals surface area contributed by atoms with Gasteiger partial charge in [0, 0.05) is 18.7 Å². The van der Waals surface area contributed by atoms with Gasteiger partial charge in [-0.2, -0.15) is 0 Å². The summed E-state index contributed by atoms with van der Waals surface area (Å²) in [7, 11) is 0. The van der Waals surface area contributed by atoms with Gasteiger partial charge in [0.15, 0.2) is 0 Å². The topological polar surface area (TPSA) is 75.4 Å². The standard InChI is InChI=1S/C14H19FN2O2/c15-12-6-9(4-5-13(12)16)14(19)17-7-10-2-1-3-11(10)8-18/h4-6,10-11,18H,1-3,7-8,16H2,(H,17,19). The second kappa shape index (κ2) is 6.02. The molecule has 4 nitrogen and oxygen atoms in total. The van der Waals surface area contributed by atoms with Crippen LogP contribution in [0.2, 0.25) is 0 Å². The first-order valence-corrected chi connectivity index (χ1v) is 6.56. The van der Waals surface area contributed by atoms with Gasteiger partial charge in [-0.3, -0.25) is 4.79 Å². The van der Waals surface area contributed by atoms with Gasteiger partial charge in [0.1, 0.15) is 5.82 Å². The summed E-state index contributed by atoms with van der Waals surface area (Å²) in [6.45, 7) is 0.688. The number of anilines is 1. The number of carbonyl (C=O) groups is 1. The summed E-state index contributed by atoms with van der Waals surface area (Å²) in [6, 6.07) is 4.03. The predicted octanol–water partition coefficient (Wildman–Crippen LogP) is 1.55. The molecular formula is C14H19FN2O2. The molecule has 2 rings (SSSR count). The van der Waals surface area contributed by atoms with Gasteiger partial charge in [-0.15, -0.1) is 0 Å². The molecule has 1 aromatic rings. The van der Waals surface area contributed by atoms with Crippen LogP contribution >= 0.6 is 0 Å². The number of aliphatic hydroxyl groups is 1. The van der Waals surface area contributed by atoms with E-state index in [1.165, 1.54) is 12.1 Å². The maximum absolute atomic E-state index is 13.3. The van der Waals surface area contributed by atoms with E-state index in [0.29, 0.717) is 12.5 Å². The lowest BCUT2D eigenvalue weighted by Crippen LogP contribution is -2.31. The maximum Gasteiger partial charge on any atom is 0.251 e. The Labute approximate surface area is 111 Å². The number of hydrogen-bond acceptors (Lipinski definition) is 3. The van der Waals surface area contributed by atoms with Crippen LogP contribution in [0.25, 0.3) is 0 Å². The third-order valence-corrected chi connectivity index (χ3v) is 3.84. The summed E-state index contributed by atoms with van der Waals surface area (Å²) in [4.78, 5) is 11.9. The minimum absolute atomic E-state index is 0.0349. The van der Waals surface area contributed by atoms with E-state index in [2.05, 4.69) is 5.32 Å². The van der Waals surface area contributed by atoms with Gasteiger partial charge in [0.25, 0.3) is 5.91 Å². The van der Waals surface area contributed by atoms with Crippen molar-refractivity contribution in [3.05, 3.63) is 29.6 Å². The van der Waals surface area contributed by atoms with E-state index in [1.54, 1.807) is 0 Å². The smallest absolute Gasteiger partial charge is 0.251 e. The largest absolute Gasteiger partial charge is 0.396 e. The summed E-state index contributed by atoms with van der Waals surface area (Å²) in [6.07, 6.45) is 3.11. The average Bonchev–Trinajstić information content (AvgIpc) is 2.86. The monoisotopic (exact) mass is 266 g/mol. The third kappa shape index (κ3) is 3.23. The first-order chi connectivity index (χ1) is 9.11. The van der Waals surface area contributed by atoms with Crippen LogP contribution in [0.5, 0.6) is 0 Å². The molecule has 2 atom stereocenters. The highest BCUT2D eigenvalue weighted by Gasteiger charge is 2.26. The van der Waals surface area contributed by atoms with Crippen molar-refractivity contribution >= 4 is 11.6 Å². The van der Waals surface area contributed by atoms with Crippen molar-refractivity contribution in [3.63, 3.8) is 0 Å². The molecule has 0 heterocycles. The number of aliphatic hydroxyl groups excluding tert-OH is 1. The van der Waals surface area contributed by atoms with Crippen LogP contribution in [-0.4, -0.2) is 24.2 Å². The average molecular weight is 266 g/mol. The summed E-state index contributed by atoms with van der Waals surface area (Å²) >= 11 is 0. The third-order valence-electron chi connectivity index (χ3n) is 3.84. The van der Waals surface area contributed by atoms with E-state index in [9.17, 15) is 14.3 Å². The van der Waals surface area contributed by atoms with E-state index in [-0.39, 0.29) is 29.7 Å². The fourth-order valence-corrected chi connectivity index (χ4v) is 2.62. The molecule has 1 saturated carbocycles. The SMILES string of the molecule is Nc1ccc(C(=O)NCC2CCCC2CO)cc1F. The molecular weight excluding hydrogens is 247 g/mol. The molecule has 2 unspecified atom stereocenters. The Kier molecular flexibility index (Phi) is 4.37. The summed E-state index contributed by atoms with van der Waals surface area (Å²) in [5.74, 6) is -0.305. The first kappa shape index (κ1) is 13.8. The minimum atomic E-state index is -0.582. The number of nitrogens with one attached hydrogen (secondary N) is 1. The van der Waals surface area contributed by atoms with Crippen molar-refractivity contribution in [1.82, 2.24) is 5.32 Å². The number of nitrogens with two attached hydrogens (primary N) is 1. The molecule has 0 saturated heterocycles. The van der Waals surface area contributed by atoms with Gasteiger partial charge in [-0.1, -0.05) is 6.42 Å². The predicted molar refractivity (Wildman–Crippen MR) is 71.1 cm³/mol. The van der Waals surface area contributed by atoms with Crippen LogP contribution in [0.4, 0.5) is 10.1 Å². The summed E-state index contributed by atoms with van der Waals surface area (Å²) < 4.78 is 13.3. The normalized spacial score (nSPS) is 22.4. The molecule has 1 aliphatic rings. The van der Waals surface area contributed by atoms with E-state index in [4.69, 9.17) is 5.73 Å². The van der Waals surface area contributed by atoms with Crippen molar-refractivity contribution in [2.24, 2.45) is 11.8 Å². The quantitative estimate of drug-likeness (QED) is 0.724. The van der Waals surface area contributed by atoms with E-state index in [1.807, 2.05) is 0 Å². The molecule has 5 heteroatoms. The molecule has 1 aliphatic carbocycles. The first-order valence-electron chi connectivity index (χ1n) is 6.56. The minimum Gasteiger partial charge on any atom is -0.396 e. The lowest BCUT2D eigenvalue weighted by Gasteiger charge is -2.17. The lowest BCUT2D eigenvalue weighted by molar-refractivity contribution is 0.0937. The molecule has 0 spiro atoms. The second-order valence-electron chi connectivity index (χ2n) is 5.08. The zero-order valence-electron chi connectivity index (χ0n) is 10.7. The highest BCUT2D eigenvalue weighted by Crippen LogP contribution is 2.30. The van der Waals surface area contributed by atoms with Crippen LogP contribution in [0.15, 0.2) is 18.2 Å². The molecule has 0 radical (unpaired) electrons. The van der Waals surface area contributed by atoms with Crippen LogP contribution in [-0.2, 0) is 0 Å². The number of amides is 1. The molecule has 0 aromatic heterocycles. The summed E-state index contributed by atoms with van der Waals surface area (Å²) in [5.41, 5.74) is 5.67. The number of halogens is 1. The molecule has 0 bridgehead atoms. The Hall–Kier alpha value is -1.62. The van der Waals surface area contributed by atoms with Crippen molar-refractivity contribution in [2.45, 2.75) is 19.3 Å². The van der Waals surface area contributed by atoms with Crippen molar-refractivity contribution < 1.29 is 14.3 Å². The van der Waals surface area contributed by atoms with Gasteiger partial charge in [0.2, 0.25) is 0 Å². The van der Waals surface area contributed by atoms with Crippen LogP contribution in [0.3, 0.4) is 0 Å². The Bertz CT molecular complexity index is 465. The van der Waals surface area contributed by atoms with E-state index in [0.717, 1.165) is 25.3 Å². The number of hydrogen-bond donors (Lipinski definition) is 3. The van der Waals surface area contributed by atoms with Gasteiger partial charge >= 0.3 is 0 Å². The van der Waals surface area contributed by atoms with E-state index < -0.39 is 5.82 Å². The Morgan fingerprint density at radius 3 is 2.84 bits per heavy atom. The zero-order chi connectivity index (χ0) is 13.8. The fourth-order valence-electron chi connectivity index (χ4n) is 2.62. The van der Waals surface area contributed by atoms with E-state index >= 15 is 0 Å². The second-order valence-corrected chi connectivity index (χ2v) is 5.08. The van der Waals surface area contributed by atoms with Crippen molar-refractivity contribution in [3.8, 4) is 0 Å². The molecule has 1 aromatic carbocycles. The van der Waals surface area contributed by atoms with Crippen molar-refractivity contribution in [2.75, 3.05) is 18.9 Å². The number of carbonyl (C=O) groups excluding carboxylic acids is 1. The van der Waals surface area contributed by atoms with Gasteiger partial charge in [-0.25, -0.2) is 4.39 Å². The summed E-state index contributed by atoms with van der Waals surface area (Å²) in [5, 5.41) is 12.0.